The highest BCUT2D eigenvalue weighted by molar-refractivity contribution is 7.22. The van der Waals surface area contributed by atoms with E-state index in [2.05, 4.69) is 10.3 Å². The predicted octanol–water partition coefficient (Wildman–Crippen LogP) is 4.44. The molecule has 0 bridgehead atoms. The molecule has 1 N–H and O–H groups in total. The summed E-state index contributed by atoms with van der Waals surface area (Å²) < 4.78 is 11.6. The van der Waals surface area contributed by atoms with E-state index >= 15 is 0 Å². The molecule has 0 aliphatic heterocycles. The molecule has 1 amide bonds. The van der Waals surface area contributed by atoms with Crippen molar-refractivity contribution in [3.05, 3.63) is 54.1 Å². The monoisotopic (exact) mass is 328 g/mol. The second-order valence-corrected chi connectivity index (χ2v) is 5.80. The molecule has 3 rings (SSSR count). The summed E-state index contributed by atoms with van der Waals surface area (Å²) in [7, 11) is 0. The van der Waals surface area contributed by atoms with Gasteiger partial charge in [0.15, 0.2) is 5.13 Å². The van der Waals surface area contributed by atoms with Crippen LogP contribution in [0.15, 0.2) is 48.5 Å². The second-order valence-electron chi connectivity index (χ2n) is 4.77. The molecule has 23 heavy (non-hydrogen) atoms. The molecular formula is C17H16N2O3S. The van der Waals surface area contributed by atoms with Crippen LogP contribution in [0.4, 0.5) is 9.93 Å². The van der Waals surface area contributed by atoms with Gasteiger partial charge in [0, 0.05) is 0 Å². The zero-order valence-electron chi connectivity index (χ0n) is 12.6. The Labute approximate surface area is 137 Å². The van der Waals surface area contributed by atoms with E-state index in [4.69, 9.17) is 9.47 Å². The van der Waals surface area contributed by atoms with Crippen LogP contribution in [0.3, 0.4) is 0 Å². The molecule has 5 nitrogen and oxygen atoms in total. The first-order chi connectivity index (χ1) is 11.2. The van der Waals surface area contributed by atoms with E-state index < -0.39 is 6.09 Å². The third kappa shape index (κ3) is 3.98. The minimum Gasteiger partial charge on any atom is -0.494 e. The van der Waals surface area contributed by atoms with Crippen molar-refractivity contribution in [2.75, 3.05) is 11.9 Å². The summed E-state index contributed by atoms with van der Waals surface area (Å²) in [6.45, 7) is 2.78. The van der Waals surface area contributed by atoms with Crippen molar-refractivity contribution in [3.63, 3.8) is 0 Å². The number of thiazole rings is 1. The van der Waals surface area contributed by atoms with Crippen LogP contribution < -0.4 is 10.1 Å². The number of carbonyl (C=O) groups is 1. The topological polar surface area (TPSA) is 60.5 Å². The van der Waals surface area contributed by atoms with E-state index in [-0.39, 0.29) is 6.61 Å². The number of carbonyl (C=O) groups excluding carboxylic acids is 1. The van der Waals surface area contributed by atoms with E-state index in [9.17, 15) is 4.79 Å². The van der Waals surface area contributed by atoms with Gasteiger partial charge in [0.1, 0.15) is 12.4 Å². The first kappa shape index (κ1) is 15.3. The smallest absolute Gasteiger partial charge is 0.413 e. The van der Waals surface area contributed by atoms with Crippen molar-refractivity contribution in [2.45, 2.75) is 13.5 Å². The average Bonchev–Trinajstić information content (AvgIpc) is 2.95. The summed E-state index contributed by atoms with van der Waals surface area (Å²) in [5.74, 6) is 0.793. The Morgan fingerprint density at radius 1 is 1.22 bits per heavy atom. The normalized spacial score (nSPS) is 10.5. The number of aromatic nitrogens is 1. The van der Waals surface area contributed by atoms with Crippen molar-refractivity contribution in [1.82, 2.24) is 4.98 Å². The van der Waals surface area contributed by atoms with Gasteiger partial charge < -0.3 is 9.47 Å². The summed E-state index contributed by atoms with van der Waals surface area (Å²) in [4.78, 5) is 16.2. The van der Waals surface area contributed by atoms with E-state index in [1.807, 2.05) is 55.5 Å². The molecule has 0 spiro atoms. The molecule has 6 heteroatoms. The molecule has 0 radical (unpaired) electrons. The Balaban J connectivity index is 1.63. The third-order valence-electron chi connectivity index (χ3n) is 3.09. The van der Waals surface area contributed by atoms with Gasteiger partial charge in [0.25, 0.3) is 0 Å². The number of benzene rings is 2. The molecular weight excluding hydrogens is 312 g/mol. The second kappa shape index (κ2) is 7.11. The van der Waals surface area contributed by atoms with Crippen molar-refractivity contribution in [2.24, 2.45) is 0 Å². The molecule has 0 atom stereocenters. The lowest BCUT2D eigenvalue weighted by Gasteiger charge is -2.04. The molecule has 0 aliphatic rings. The quantitative estimate of drug-likeness (QED) is 0.752. The first-order valence-corrected chi connectivity index (χ1v) is 8.07. The van der Waals surface area contributed by atoms with Gasteiger partial charge in [-0.15, -0.1) is 0 Å². The Bertz CT molecular complexity index is 802. The van der Waals surface area contributed by atoms with Crippen LogP contribution in [0.5, 0.6) is 5.75 Å². The minimum absolute atomic E-state index is 0.228. The van der Waals surface area contributed by atoms with Crippen LogP contribution in [-0.2, 0) is 11.3 Å². The molecule has 0 fully saturated rings. The number of fused-ring (bicyclic) bond motifs is 1. The zero-order valence-corrected chi connectivity index (χ0v) is 13.4. The van der Waals surface area contributed by atoms with Crippen LogP contribution >= 0.6 is 11.3 Å². The van der Waals surface area contributed by atoms with Crippen LogP contribution in [0.25, 0.3) is 10.2 Å². The highest BCUT2D eigenvalue weighted by Gasteiger charge is 2.09. The number of hydrogen-bond acceptors (Lipinski definition) is 5. The van der Waals surface area contributed by atoms with Gasteiger partial charge in [0.05, 0.1) is 16.8 Å². The van der Waals surface area contributed by atoms with Gasteiger partial charge in [-0.3, -0.25) is 5.32 Å². The van der Waals surface area contributed by atoms with Crippen LogP contribution in [0, 0.1) is 0 Å². The van der Waals surface area contributed by atoms with Crippen molar-refractivity contribution >= 4 is 32.8 Å². The predicted molar refractivity (Wildman–Crippen MR) is 91.0 cm³/mol. The molecule has 3 aromatic rings. The van der Waals surface area contributed by atoms with Crippen LogP contribution in [0.2, 0.25) is 0 Å². The van der Waals surface area contributed by atoms with Crippen molar-refractivity contribution in [1.29, 1.82) is 0 Å². The summed E-state index contributed by atoms with van der Waals surface area (Å²) in [5.41, 5.74) is 1.75. The average molecular weight is 328 g/mol. The SMILES string of the molecule is CCOc1ccc2nc(NC(=O)OCc3ccccc3)sc2c1. The number of anilines is 1. The Hall–Kier alpha value is -2.60. The Morgan fingerprint density at radius 3 is 2.83 bits per heavy atom. The Morgan fingerprint density at radius 2 is 2.04 bits per heavy atom. The van der Waals surface area contributed by atoms with Crippen molar-refractivity contribution < 1.29 is 14.3 Å². The number of amides is 1. The van der Waals surface area contributed by atoms with Gasteiger partial charge >= 0.3 is 6.09 Å². The maximum atomic E-state index is 11.8. The van der Waals surface area contributed by atoms with E-state index in [0.29, 0.717) is 11.7 Å². The number of nitrogens with zero attached hydrogens (tertiary/aromatic N) is 1. The van der Waals surface area contributed by atoms with E-state index in [1.54, 1.807) is 0 Å². The number of hydrogen-bond donors (Lipinski definition) is 1. The molecule has 1 aromatic heterocycles. The summed E-state index contributed by atoms with van der Waals surface area (Å²) in [5, 5.41) is 3.16. The lowest BCUT2D eigenvalue weighted by molar-refractivity contribution is 0.155. The fourth-order valence-corrected chi connectivity index (χ4v) is 2.94. The molecule has 0 unspecified atom stereocenters. The summed E-state index contributed by atoms with van der Waals surface area (Å²) in [6, 6.07) is 15.2. The lowest BCUT2D eigenvalue weighted by Crippen LogP contribution is -2.13. The molecule has 1 heterocycles. The molecule has 0 aliphatic carbocycles. The number of nitrogens with one attached hydrogen (secondary N) is 1. The standard InChI is InChI=1S/C17H16N2O3S/c1-2-21-13-8-9-14-15(10-13)23-16(18-14)19-17(20)22-11-12-6-4-3-5-7-12/h3-10H,2,11H2,1H3,(H,18,19,20). The van der Waals surface area contributed by atoms with E-state index in [1.165, 1.54) is 11.3 Å². The maximum absolute atomic E-state index is 11.8. The highest BCUT2D eigenvalue weighted by atomic mass is 32.1. The largest absolute Gasteiger partial charge is 0.494 e. The number of ether oxygens (including phenoxy) is 2. The molecule has 0 saturated carbocycles. The first-order valence-electron chi connectivity index (χ1n) is 7.25. The van der Waals surface area contributed by atoms with Gasteiger partial charge in [-0.25, -0.2) is 9.78 Å². The third-order valence-corrected chi connectivity index (χ3v) is 4.03. The fourth-order valence-electron chi connectivity index (χ4n) is 2.06. The fraction of sp³-hybridized carbons (Fsp3) is 0.176. The maximum Gasteiger partial charge on any atom is 0.413 e. The summed E-state index contributed by atoms with van der Waals surface area (Å²) >= 11 is 1.38. The molecule has 0 saturated heterocycles. The van der Waals surface area contributed by atoms with Gasteiger partial charge in [-0.2, -0.15) is 0 Å². The van der Waals surface area contributed by atoms with Crippen LogP contribution in [-0.4, -0.2) is 17.7 Å². The molecule has 118 valence electrons. The highest BCUT2D eigenvalue weighted by Crippen LogP contribution is 2.29. The van der Waals surface area contributed by atoms with Gasteiger partial charge in [0.2, 0.25) is 0 Å². The van der Waals surface area contributed by atoms with E-state index in [0.717, 1.165) is 21.5 Å². The van der Waals surface area contributed by atoms with Gasteiger partial charge in [-0.05, 0) is 30.7 Å². The van der Waals surface area contributed by atoms with Gasteiger partial charge in [-0.1, -0.05) is 41.7 Å². The van der Waals surface area contributed by atoms with Crippen LogP contribution in [0.1, 0.15) is 12.5 Å². The Kier molecular flexibility index (Phi) is 4.73. The lowest BCUT2D eigenvalue weighted by atomic mass is 10.2. The number of rotatable bonds is 5. The minimum atomic E-state index is -0.516. The summed E-state index contributed by atoms with van der Waals surface area (Å²) in [6.07, 6.45) is -0.516. The molecule has 2 aromatic carbocycles. The van der Waals surface area contributed by atoms with Crippen molar-refractivity contribution in [3.8, 4) is 5.75 Å². The zero-order chi connectivity index (χ0) is 16.1.